The highest BCUT2D eigenvalue weighted by Gasteiger charge is 2.15. The summed E-state index contributed by atoms with van der Waals surface area (Å²) < 4.78 is 0. The summed E-state index contributed by atoms with van der Waals surface area (Å²) in [6.45, 7) is 8.83. The normalized spacial score (nSPS) is 15.8. The van der Waals surface area contributed by atoms with Crippen molar-refractivity contribution in [3.05, 3.63) is 0 Å². The predicted molar refractivity (Wildman–Crippen MR) is 77.1 cm³/mol. The van der Waals surface area contributed by atoms with Crippen LogP contribution in [0, 0.1) is 11.8 Å². The molecule has 3 heteroatoms. The molecule has 0 heterocycles. The van der Waals surface area contributed by atoms with Crippen molar-refractivity contribution in [3.63, 3.8) is 0 Å². The Bertz CT molecular complexity index is 162. The molecule has 0 aromatic heterocycles. The number of thioether (sulfide) groups is 1. The standard InChI is InChI=1S/C13H30N2S/c1-11(2)8-13(9-14)10-15(4)12(3)6-7-16-5/h11-13H,6-10,14H2,1-5H3. The van der Waals surface area contributed by atoms with Crippen molar-refractivity contribution >= 4 is 11.8 Å². The molecular weight excluding hydrogens is 216 g/mol. The van der Waals surface area contributed by atoms with Crippen LogP contribution < -0.4 is 5.73 Å². The minimum absolute atomic E-state index is 0.654. The van der Waals surface area contributed by atoms with Gasteiger partial charge in [-0.25, -0.2) is 0 Å². The Morgan fingerprint density at radius 1 is 1.25 bits per heavy atom. The van der Waals surface area contributed by atoms with Gasteiger partial charge in [-0.15, -0.1) is 0 Å². The Morgan fingerprint density at radius 2 is 1.88 bits per heavy atom. The minimum atomic E-state index is 0.654. The summed E-state index contributed by atoms with van der Waals surface area (Å²) in [7, 11) is 2.23. The van der Waals surface area contributed by atoms with Crippen LogP contribution in [0.2, 0.25) is 0 Å². The summed E-state index contributed by atoms with van der Waals surface area (Å²) in [4.78, 5) is 2.47. The Kier molecular flexibility index (Phi) is 9.47. The van der Waals surface area contributed by atoms with Crippen LogP contribution in [0.15, 0.2) is 0 Å². The molecule has 2 nitrogen and oxygen atoms in total. The molecule has 0 aliphatic heterocycles. The molecule has 16 heavy (non-hydrogen) atoms. The van der Waals surface area contributed by atoms with E-state index < -0.39 is 0 Å². The monoisotopic (exact) mass is 246 g/mol. The van der Waals surface area contributed by atoms with E-state index in [0.29, 0.717) is 12.0 Å². The van der Waals surface area contributed by atoms with Gasteiger partial charge in [0.05, 0.1) is 0 Å². The first-order chi connectivity index (χ1) is 7.51. The highest BCUT2D eigenvalue weighted by atomic mass is 32.2. The van der Waals surface area contributed by atoms with Gasteiger partial charge in [0.1, 0.15) is 0 Å². The van der Waals surface area contributed by atoms with Gasteiger partial charge in [0.15, 0.2) is 0 Å². The van der Waals surface area contributed by atoms with Crippen LogP contribution in [0.25, 0.3) is 0 Å². The largest absolute Gasteiger partial charge is 0.330 e. The molecule has 0 aromatic carbocycles. The van der Waals surface area contributed by atoms with E-state index in [1.54, 1.807) is 0 Å². The third kappa shape index (κ3) is 7.53. The van der Waals surface area contributed by atoms with Crippen LogP contribution in [-0.2, 0) is 0 Å². The van der Waals surface area contributed by atoms with E-state index in [4.69, 9.17) is 5.73 Å². The van der Waals surface area contributed by atoms with Crippen LogP contribution in [0.4, 0.5) is 0 Å². The zero-order valence-corrected chi connectivity index (χ0v) is 12.5. The van der Waals surface area contributed by atoms with Crippen molar-refractivity contribution in [2.75, 3.05) is 32.1 Å². The highest BCUT2D eigenvalue weighted by Crippen LogP contribution is 2.14. The lowest BCUT2D eigenvalue weighted by Crippen LogP contribution is -2.36. The summed E-state index contributed by atoms with van der Waals surface area (Å²) in [6, 6.07) is 0.675. The first-order valence-electron chi connectivity index (χ1n) is 6.40. The van der Waals surface area contributed by atoms with Crippen LogP contribution in [0.5, 0.6) is 0 Å². The van der Waals surface area contributed by atoms with Crippen molar-refractivity contribution in [2.45, 2.75) is 39.7 Å². The zero-order chi connectivity index (χ0) is 12.6. The number of hydrogen-bond donors (Lipinski definition) is 1. The van der Waals surface area contributed by atoms with E-state index in [-0.39, 0.29) is 0 Å². The Morgan fingerprint density at radius 3 is 2.31 bits per heavy atom. The van der Waals surface area contributed by atoms with Gasteiger partial charge >= 0.3 is 0 Å². The molecule has 0 saturated heterocycles. The quantitative estimate of drug-likeness (QED) is 0.678. The van der Waals surface area contributed by atoms with Crippen LogP contribution in [0.1, 0.15) is 33.6 Å². The van der Waals surface area contributed by atoms with Gasteiger partial charge in [0, 0.05) is 12.6 Å². The van der Waals surface area contributed by atoms with Gasteiger partial charge in [0.2, 0.25) is 0 Å². The first-order valence-corrected chi connectivity index (χ1v) is 7.79. The Hall–Kier alpha value is 0.270. The number of nitrogens with two attached hydrogens (primary N) is 1. The van der Waals surface area contributed by atoms with Gasteiger partial charge in [-0.1, -0.05) is 13.8 Å². The van der Waals surface area contributed by atoms with E-state index >= 15 is 0 Å². The molecule has 0 spiro atoms. The lowest BCUT2D eigenvalue weighted by atomic mass is 9.96. The topological polar surface area (TPSA) is 29.3 Å². The zero-order valence-electron chi connectivity index (χ0n) is 11.7. The third-order valence-corrected chi connectivity index (χ3v) is 3.82. The SMILES string of the molecule is CSCCC(C)N(C)CC(CN)CC(C)C. The summed E-state index contributed by atoms with van der Waals surface area (Å²) in [5.41, 5.74) is 5.84. The summed E-state index contributed by atoms with van der Waals surface area (Å²) in [6.07, 6.45) is 4.70. The molecule has 2 unspecified atom stereocenters. The average molecular weight is 246 g/mol. The fraction of sp³-hybridized carbons (Fsp3) is 1.00. The van der Waals surface area contributed by atoms with Crippen LogP contribution in [0.3, 0.4) is 0 Å². The van der Waals surface area contributed by atoms with Gasteiger partial charge in [-0.3, -0.25) is 0 Å². The number of nitrogens with zero attached hydrogens (tertiary/aromatic N) is 1. The Balaban J connectivity index is 3.93. The predicted octanol–water partition coefficient (Wildman–Crippen LogP) is 2.68. The van der Waals surface area contributed by atoms with E-state index in [9.17, 15) is 0 Å². The van der Waals surface area contributed by atoms with Gasteiger partial charge < -0.3 is 10.6 Å². The molecular formula is C13H30N2S. The minimum Gasteiger partial charge on any atom is -0.330 e. The van der Waals surface area contributed by atoms with Gasteiger partial charge in [-0.2, -0.15) is 11.8 Å². The van der Waals surface area contributed by atoms with Gasteiger partial charge in [0.25, 0.3) is 0 Å². The highest BCUT2D eigenvalue weighted by molar-refractivity contribution is 7.98. The van der Waals surface area contributed by atoms with Gasteiger partial charge in [-0.05, 0) is 57.2 Å². The molecule has 0 aliphatic carbocycles. The number of hydrogen-bond acceptors (Lipinski definition) is 3. The van der Waals surface area contributed by atoms with Crippen LogP contribution in [-0.4, -0.2) is 43.1 Å². The molecule has 0 radical (unpaired) electrons. The molecule has 0 bridgehead atoms. The van der Waals surface area contributed by atoms with Crippen molar-refractivity contribution in [3.8, 4) is 0 Å². The van der Waals surface area contributed by atoms with Crippen molar-refractivity contribution in [1.82, 2.24) is 4.90 Å². The maximum atomic E-state index is 5.84. The molecule has 0 rings (SSSR count). The molecule has 0 saturated carbocycles. The smallest absolute Gasteiger partial charge is 0.00718 e. The molecule has 0 aromatic rings. The second kappa shape index (κ2) is 9.32. The molecule has 98 valence electrons. The molecule has 2 N–H and O–H groups in total. The first kappa shape index (κ1) is 16.3. The van der Waals surface area contributed by atoms with E-state index in [2.05, 4.69) is 39.0 Å². The lowest BCUT2D eigenvalue weighted by Gasteiger charge is -2.29. The maximum Gasteiger partial charge on any atom is 0.00718 e. The molecule has 0 aliphatic rings. The van der Waals surface area contributed by atoms with Crippen molar-refractivity contribution in [1.29, 1.82) is 0 Å². The summed E-state index contributed by atoms with van der Waals surface area (Å²) in [5, 5.41) is 0. The summed E-state index contributed by atoms with van der Waals surface area (Å²) in [5.74, 6) is 2.66. The second-order valence-corrected chi connectivity index (χ2v) is 6.29. The third-order valence-electron chi connectivity index (χ3n) is 3.18. The van der Waals surface area contributed by atoms with E-state index in [1.807, 2.05) is 11.8 Å². The fourth-order valence-corrected chi connectivity index (χ4v) is 2.58. The van der Waals surface area contributed by atoms with Crippen LogP contribution >= 0.6 is 11.8 Å². The lowest BCUT2D eigenvalue weighted by molar-refractivity contribution is 0.203. The van der Waals surface area contributed by atoms with E-state index in [0.717, 1.165) is 19.0 Å². The Labute approximate surface area is 106 Å². The molecule has 0 fully saturated rings. The van der Waals surface area contributed by atoms with Crippen molar-refractivity contribution < 1.29 is 0 Å². The fourth-order valence-electron chi connectivity index (χ4n) is 2.01. The molecule has 0 amide bonds. The van der Waals surface area contributed by atoms with Crippen molar-refractivity contribution in [2.24, 2.45) is 17.6 Å². The maximum absolute atomic E-state index is 5.84. The summed E-state index contributed by atoms with van der Waals surface area (Å²) >= 11 is 1.93. The number of rotatable bonds is 9. The second-order valence-electron chi connectivity index (χ2n) is 5.30. The molecule has 2 atom stereocenters. The average Bonchev–Trinajstić information content (AvgIpc) is 2.23. The van der Waals surface area contributed by atoms with E-state index in [1.165, 1.54) is 18.6 Å².